The summed E-state index contributed by atoms with van der Waals surface area (Å²) < 4.78 is 0. The first-order chi connectivity index (χ1) is 7.40. The highest BCUT2D eigenvalue weighted by Crippen LogP contribution is 2.09. The normalized spacial score (nSPS) is 18.6. The molecule has 0 spiro atoms. The summed E-state index contributed by atoms with van der Waals surface area (Å²) >= 11 is 0. The molecule has 5 heteroatoms. The van der Waals surface area contributed by atoms with E-state index in [-0.39, 0.29) is 23.9 Å². The van der Waals surface area contributed by atoms with Crippen LogP contribution < -0.4 is 10.6 Å². The zero-order valence-electron chi connectivity index (χ0n) is 11.4. The van der Waals surface area contributed by atoms with E-state index in [0.717, 1.165) is 25.9 Å². The molecule has 0 aromatic heterocycles. The third-order valence-electron chi connectivity index (χ3n) is 2.88. The molecule has 1 aliphatic heterocycles. The van der Waals surface area contributed by atoms with E-state index in [1.165, 1.54) is 0 Å². The fourth-order valence-electron chi connectivity index (χ4n) is 2.04. The molecule has 4 nitrogen and oxygen atoms in total. The average molecular weight is 264 g/mol. The monoisotopic (exact) mass is 263 g/mol. The summed E-state index contributed by atoms with van der Waals surface area (Å²) in [7, 11) is 2.01. The van der Waals surface area contributed by atoms with Crippen molar-refractivity contribution in [1.82, 2.24) is 15.5 Å². The molecule has 1 fully saturated rings. The van der Waals surface area contributed by atoms with Crippen LogP contribution in [0.5, 0.6) is 0 Å². The van der Waals surface area contributed by atoms with Crippen LogP contribution in [-0.4, -0.2) is 49.1 Å². The molecule has 1 saturated heterocycles. The number of halogens is 1. The maximum absolute atomic E-state index is 11.7. The van der Waals surface area contributed by atoms with Crippen molar-refractivity contribution in [3.05, 3.63) is 0 Å². The Morgan fingerprint density at radius 3 is 2.24 bits per heavy atom. The second kappa shape index (κ2) is 7.19. The lowest BCUT2D eigenvalue weighted by Crippen LogP contribution is -2.49. The molecule has 1 rings (SSSR count). The molecule has 17 heavy (non-hydrogen) atoms. The Hall–Kier alpha value is -0.320. The first kappa shape index (κ1) is 16.7. The van der Waals surface area contributed by atoms with Crippen molar-refractivity contribution in [2.45, 2.75) is 45.2 Å². The first-order valence-corrected chi connectivity index (χ1v) is 6.11. The van der Waals surface area contributed by atoms with Crippen LogP contribution in [0, 0.1) is 0 Å². The molecule has 0 saturated carbocycles. The Bertz CT molecular complexity index is 232. The van der Waals surface area contributed by atoms with E-state index >= 15 is 0 Å². The molecule has 1 aliphatic rings. The summed E-state index contributed by atoms with van der Waals surface area (Å²) in [6.45, 7) is 8.61. The highest BCUT2D eigenvalue weighted by Gasteiger charge is 2.21. The van der Waals surface area contributed by atoms with Crippen molar-refractivity contribution < 1.29 is 4.79 Å². The largest absolute Gasteiger partial charge is 0.350 e. The molecule has 0 radical (unpaired) electrons. The minimum Gasteiger partial charge on any atom is -0.350 e. The van der Waals surface area contributed by atoms with Gasteiger partial charge in [-0.3, -0.25) is 9.69 Å². The van der Waals surface area contributed by atoms with Crippen LogP contribution in [-0.2, 0) is 4.79 Å². The number of nitrogens with zero attached hydrogens (tertiary/aromatic N) is 1. The number of likely N-dealkylation sites (tertiary alicyclic amines) is 1. The van der Waals surface area contributed by atoms with Crippen LogP contribution in [0.4, 0.5) is 0 Å². The minimum absolute atomic E-state index is 0. The van der Waals surface area contributed by atoms with E-state index < -0.39 is 0 Å². The molecule has 0 atom stereocenters. The second-order valence-electron chi connectivity index (χ2n) is 5.64. The number of hydrogen-bond donors (Lipinski definition) is 2. The van der Waals surface area contributed by atoms with Gasteiger partial charge in [0.2, 0.25) is 5.91 Å². The van der Waals surface area contributed by atoms with Gasteiger partial charge in [-0.2, -0.15) is 0 Å². The van der Waals surface area contributed by atoms with Crippen molar-refractivity contribution in [3.63, 3.8) is 0 Å². The van der Waals surface area contributed by atoms with Gasteiger partial charge < -0.3 is 10.6 Å². The maximum atomic E-state index is 11.7. The Morgan fingerprint density at radius 2 is 1.82 bits per heavy atom. The van der Waals surface area contributed by atoms with Crippen LogP contribution in [0.1, 0.15) is 33.6 Å². The van der Waals surface area contributed by atoms with Gasteiger partial charge in [-0.05, 0) is 40.7 Å². The molecule has 0 aromatic rings. The van der Waals surface area contributed by atoms with Gasteiger partial charge in [0.15, 0.2) is 0 Å². The van der Waals surface area contributed by atoms with Crippen molar-refractivity contribution in [2.75, 3.05) is 26.7 Å². The van der Waals surface area contributed by atoms with Crippen molar-refractivity contribution in [1.29, 1.82) is 0 Å². The Kier molecular flexibility index (Phi) is 7.05. The quantitative estimate of drug-likeness (QED) is 0.799. The van der Waals surface area contributed by atoms with Gasteiger partial charge in [0.05, 0.1) is 6.54 Å². The summed E-state index contributed by atoms with van der Waals surface area (Å²) in [6, 6.07) is 0.627. The summed E-state index contributed by atoms with van der Waals surface area (Å²) in [5, 5.41) is 6.28. The lowest BCUT2D eigenvalue weighted by atomic mass is 10.1. The molecule has 0 aliphatic carbocycles. The highest BCUT2D eigenvalue weighted by molar-refractivity contribution is 5.85. The fourth-order valence-corrected chi connectivity index (χ4v) is 2.04. The minimum atomic E-state index is -0.125. The van der Waals surface area contributed by atoms with Gasteiger partial charge in [-0.25, -0.2) is 0 Å². The third kappa shape index (κ3) is 6.86. The second-order valence-corrected chi connectivity index (χ2v) is 5.64. The molecule has 0 unspecified atom stereocenters. The number of hydrogen-bond acceptors (Lipinski definition) is 3. The SMILES string of the molecule is CNC1CCN(CC(=O)NC(C)(C)C)CC1.Cl. The first-order valence-electron chi connectivity index (χ1n) is 6.11. The predicted molar refractivity (Wildman–Crippen MR) is 73.7 cm³/mol. The Balaban J connectivity index is 0.00000256. The van der Waals surface area contributed by atoms with E-state index in [4.69, 9.17) is 0 Å². The van der Waals surface area contributed by atoms with E-state index in [0.29, 0.717) is 12.6 Å². The van der Waals surface area contributed by atoms with Crippen molar-refractivity contribution in [3.8, 4) is 0 Å². The zero-order chi connectivity index (χ0) is 12.2. The van der Waals surface area contributed by atoms with Crippen molar-refractivity contribution in [2.24, 2.45) is 0 Å². The van der Waals surface area contributed by atoms with Gasteiger partial charge >= 0.3 is 0 Å². The smallest absolute Gasteiger partial charge is 0.234 e. The topological polar surface area (TPSA) is 44.4 Å². The standard InChI is InChI=1S/C12H25N3O.ClH/c1-12(2,3)14-11(16)9-15-7-5-10(13-4)6-8-15;/h10,13H,5-9H2,1-4H3,(H,14,16);1H. The van der Waals surface area contributed by atoms with Crippen LogP contribution >= 0.6 is 12.4 Å². The molecule has 1 amide bonds. The van der Waals surface area contributed by atoms with E-state index in [9.17, 15) is 4.79 Å². The molecular formula is C12H26ClN3O. The fraction of sp³-hybridized carbons (Fsp3) is 0.917. The number of piperidine rings is 1. The van der Waals surface area contributed by atoms with Crippen LogP contribution in [0.25, 0.3) is 0 Å². The highest BCUT2D eigenvalue weighted by atomic mass is 35.5. The molecule has 0 aromatic carbocycles. The zero-order valence-corrected chi connectivity index (χ0v) is 12.2. The Labute approximate surface area is 111 Å². The number of nitrogens with one attached hydrogen (secondary N) is 2. The van der Waals surface area contributed by atoms with Gasteiger partial charge in [0.25, 0.3) is 0 Å². The summed E-state index contributed by atoms with van der Waals surface area (Å²) in [6.07, 6.45) is 2.28. The lowest BCUT2D eigenvalue weighted by molar-refractivity contribution is -0.123. The van der Waals surface area contributed by atoms with Gasteiger partial charge in [0.1, 0.15) is 0 Å². The number of rotatable bonds is 3. The number of carbonyl (C=O) groups is 1. The molecule has 1 heterocycles. The average Bonchev–Trinajstić information content (AvgIpc) is 2.16. The van der Waals surface area contributed by atoms with Crippen molar-refractivity contribution >= 4 is 18.3 Å². The molecular weight excluding hydrogens is 238 g/mol. The van der Waals surface area contributed by atoms with E-state index in [1.807, 2.05) is 27.8 Å². The van der Waals surface area contributed by atoms with Gasteiger partial charge in [0, 0.05) is 24.7 Å². The van der Waals surface area contributed by atoms with Crippen LogP contribution in [0.2, 0.25) is 0 Å². The third-order valence-corrected chi connectivity index (χ3v) is 2.88. The van der Waals surface area contributed by atoms with E-state index in [2.05, 4.69) is 15.5 Å². The lowest BCUT2D eigenvalue weighted by Gasteiger charge is -2.32. The predicted octanol–water partition coefficient (Wildman–Crippen LogP) is 1.01. The molecule has 2 N–H and O–H groups in total. The molecule has 0 bridgehead atoms. The van der Waals surface area contributed by atoms with Gasteiger partial charge in [-0.15, -0.1) is 12.4 Å². The Morgan fingerprint density at radius 1 is 1.29 bits per heavy atom. The summed E-state index contributed by atoms with van der Waals surface area (Å²) in [4.78, 5) is 13.9. The van der Waals surface area contributed by atoms with E-state index in [1.54, 1.807) is 0 Å². The van der Waals surface area contributed by atoms with Gasteiger partial charge in [-0.1, -0.05) is 0 Å². The molecule has 102 valence electrons. The summed E-state index contributed by atoms with van der Waals surface area (Å²) in [5.41, 5.74) is -0.125. The van der Waals surface area contributed by atoms with Crippen LogP contribution in [0.3, 0.4) is 0 Å². The maximum Gasteiger partial charge on any atom is 0.234 e. The summed E-state index contributed by atoms with van der Waals surface area (Å²) in [5.74, 6) is 0.135. The number of amides is 1. The van der Waals surface area contributed by atoms with Crippen LogP contribution in [0.15, 0.2) is 0 Å². The number of carbonyl (C=O) groups excluding carboxylic acids is 1.